The third-order valence-corrected chi connectivity index (χ3v) is 2.95. The van der Waals surface area contributed by atoms with Gasteiger partial charge in [-0.15, -0.1) is 0 Å². The van der Waals surface area contributed by atoms with Gasteiger partial charge in [-0.25, -0.2) is 0 Å². The van der Waals surface area contributed by atoms with Gasteiger partial charge in [0, 0.05) is 10.6 Å². The zero-order chi connectivity index (χ0) is 13.0. The average molecular weight is 263 g/mol. The molecule has 2 rings (SSSR count). The zero-order valence-electron chi connectivity index (χ0n) is 10.2. The molecule has 0 bridgehead atoms. The molecule has 2 aromatic carbocycles. The number of ether oxygens (including phenoxy) is 1. The second-order valence-corrected chi connectivity index (χ2v) is 4.62. The van der Waals surface area contributed by atoms with Gasteiger partial charge in [0.05, 0.1) is 6.61 Å². The van der Waals surface area contributed by atoms with Crippen LogP contribution in [0.15, 0.2) is 42.5 Å². The van der Waals surface area contributed by atoms with Crippen molar-refractivity contribution >= 4 is 11.6 Å². The molecule has 0 spiro atoms. The molecule has 0 fully saturated rings. The minimum Gasteiger partial charge on any atom is -0.488 e. The van der Waals surface area contributed by atoms with E-state index in [4.69, 9.17) is 16.3 Å². The van der Waals surface area contributed by atoms with Crippen LogP contribution >= 0.6 is 11.6 Å². The molecule has 1 N–H and O–H groups in total. The van der Waals surface area contributed by atoms with Gasteiger partial charge < -0.3 is 9.84 Å². The maximum absolute atomic E-state index is 9.22. The molecule has 18 heavy (non-hydrogen) atoms. The molecule has 94 valence electrons. The van der Waals surface area contributed by atoms with E-state index in [1.165, 1.54) is 5.56 Å². The summed E-state index contributed by atoms with van der Waals surface area (Å²) in [5.74, 6) is 0.630. The van der Waals surface area contributed by atoms with E-state index in [0.29, 0.717) is 17.4 Å². The fourth-order valence-electron chi connectivity index (χ4n) is 1.64. The second kappa shape index (κ2) is 5.89. The van der Waals surface area contributed by atoms with Crippen molar-refractivity contribution in [2.24, 2.45) is 0 Å². The molecular formula is C15H15ClO2. The highest BCUT2D eigenvalue weighted by Gasteiger charge is 2.04. The predicted octanol–water partition coefficient (Wildman–Crippen LogP) is 3.72. The lowest BCUT2D eigenvalue weighted by atomic mass is 10.1. The van der Waals surface area contributed by atoms with E-state index in [1.807, 2.05) is 31.2 Å². The van der Waals surface area contributed by atoms with E-state index in [1.54, 1.807) is 18.2 Å². The van der Waals surface area contributed by atoms with Crippen LogP contribution in [-0.4, -0.2) is 5.11 Å². The predicted molar refractivity (Wildman–Crippen MR) is 72.9 cm³/mol. The number of aliphatic hydroxyl groups excluding tert-OH is 1. The second-order valence-electron chi connectivity index (χ2n) is 4.18. The lowest BCUT2D eigenvalue weighted by molar-refractivity contribution is 0.259. The first kappa shape index (κ1) is 12.9. The van der Waals surface area contributed by atoms with Gasteiger partial charge in [-0.2, -0.15) is 0 Å². The first-order chi connectivity index (χ1) is 8.69. The lowest BCUT2D eigenvalue weighted by Crippen LogP contribution is -1.98. The van der Waals surface area contributed by atoms with Crippen molar-refractivity contribution in [2.45, 2.75) is 20.1 Å². The molecular weight excluding hydrogens is 248 g/mol. The Morgan fingerprint density at radius 2 is 1.83 bits per heavy atom. The van der Waals surface area contributed by atoms with Crippen molar-refractivity contribution in [3.05, 3.63) is 64.2 Å². The quantitative estimate of drug-likeness (QED) is 0.910. The number of halogens is 1. The van der Waals surface area contributed by atoms with Crippen molar-refractivity contribution in [3.8, 4) is 5.75 Å². The van der Waals surface area contributed by atoms with Crippen LogP contribution in [0, 0.1) is 6.92 Å². The van der Waals surface area contributed by atoms with Crippen LogP contribution in [0.5, 0.6) is 5.75 Å². The Hall–Kier alpha value is -1.51. The third-order valence-electron chi connectivity index (χ3n) is 2.71. The van der Waals surface area contributed by atoms with E-state index >= 15 is 0 Å². The SMILES string of the molecule is Cc1ccc(COc2cc(Cl)ccc2CO)cc1. The maximum atomic E-state index is 9.22. The molecule has 0 atom stereocenters. The summed E-state index contributed by atoms with van der Waals surface area (Å²) >= 11 is 5.91. The molecule has 3 heteroatoms. The highest BCUT2D eigenvalue weighted by Crippen LogP contribution is 2.24. The summed E-state index contributed by atoms with van der Waals surface area (Å²) in [5.41, 5.74) is 3.05. The monoisotopic (exact) mass is 262 g/mol. The molecule has 0 radical (unpaired) electrons. The molecule has 0 amide bonds. The summed E-state index contributed by atoms with van der Waals surface area (Å²) < 4.78 is 5.69. The number of hydrogen-bond donors (Lipinski definition) is 1. The standard InChI is InChI=1S/C15H15ClO2/c1-11-2-4-12(5-3-11)10-18-15-8-14(16)7-6-13(15)9-17/h2-8,17H,9-10H2,1H3. The van der Waals surface area contributed by atoms with Crippen molar-refractivity contribution in [1.29, 1.82) is 0 Å². The number of hydrogen-bond acceptors (Lipinski definition) is 2. The van der Waals surface area contributed by atoms with Crippen molar-refractivity contribution < 1.29 is 9.84 Å². The van der Waals surface area contributed by atoms with E-state index in [-0.39, 0.29) is 6.61 Å². The van der Waals surface area contributed by atoms with E-state index in [9.17, 15) is 5.11 Å². The molecule has 0 saturated carbocycles. The van der Waals surface area contributed by atoms with Gasteiger partial charge in [-0.05, 0) is 24.6 Å². The fourth-order valence-corrected chi connectivity index (χ4v) is 1.80. The number of aliphatic hydroxyl groups is 1. The average Bonchev–Trinajstić information content (AvgIpc) is 2.38. The summed E-state index contributed by atoms with van der Waals surface area (Å²) in [6, 6.07) is 13.4. The normalized spacial score (nSPS) is 10.4. The molecule has 0 aliphatic heterocycles. The molecule has 0 unspecified atom stereocenters. The van der Waals surface area contributed by atoms with Gasteiger partial charge >= 0.3 is 0 Å². The van der Waals surface area contributed by atoms with Crippen LogP contribution in [0.1, 0.15) is 16.7 Å². The van der Waals surface area contributed by atoms with Gasteiger partial charge in [0.1, 0.15) is 12.4 Å². The Morgan fingerprint density at radius 1 is 1.11 bits per heavy atom. The van der Waals surface area contributed by atoms with Gasteiger partial charge in [0.15, 0.2) is 0 Å². The first-order valence-corrected chi connectivity index (χ1v) is 6.14. The summed E-state index contributed by atoms with van der Waals surface area (Å²) in [6.07, 6.45) is 0. The Kier molecular flexibility index (Phi) is 4.24. The van der Waals surface area contributed by atoms with Crippen LogP contribution in [0.3, 0.4) is 0 Å². The van der Waals surface area contributed by atoms with Crippen LogP contribution < -0.4 is 4.74 Å². The molecule has 0 heterocycles. The molecule has 2 aromatic rings. The Morgan fingerprint density at radius 3 is 2.50 bits per heavy atom. The van der Waals surface area contributed by atoms with Gasteiger partial charge in [0.25, 0.3) is 0 Å². The van der Waals surface area contributed by atoms with Crippen molar-refractivity contribution in [2.75, 3.05) is 0 Å². The Labute approximate surface area is 112 Å². The van der Waals surface area contributed by atoms with E-state index < -0.39 is 0 Å². The minimum atomic E-state index is -0.0552. The topological polar surface area (TPSA) is 29.5 Å². The largest absolute Gasteiger partial charge is 0.488 e. The van der Waals surface area contributed by atoms with Crippen LogP contribution in [0.2, 0.25) is 5.02 Å². The van der Waals surface area contributed by atoms with Gasteiger partial charge in [-0.1, -0.05) is 47.5 Å². The van der Waals surface area contributed by atoms with Gasteiger partial charge in [-0.3, -0.25) is 0 Å². The van der Waals surface area contributed by atoms with Gasteiger partial charge in [0.2, 0.25) is 0 Å². The molecule has 0 saturated heterocycles. The summed E-state index contributed by atoms with van der Waals surface area (Å²) in [6.45, 7) is 2.46. The summed E-state index contributed by atoms with van der Waals surface area (Å²) in [4.78, 5) is 0. The molecule has 0 aromatic heterocycles. The Bertz CT molecular complexity index is 521. The smallest absolute Gasteiger partial charge is 0.126 e. The van der Waals surface area contributed by atoms with Crippen LogP contribution in [-0.2, 0) is 13.2 Å². The number of benzene rings is 2. The first-order valence-electron chi connectivity index (χ1n) is 5.76. The maximum Gasteiger partial charge on any atom is 0.126 e. The molecule has 0 aliphatic rings. The molecule has 0 aliphatic carbocycles. The van der Waals surface area contributed by atoms with Crippen molar-refractivity contribution in [1.82, 2.24) is 0 Å². The van der Waals surface area contributed by atoms with E-state index in [2.05, 4.69) is 0 Å². The third kappa shape index (κ3) is 3.25. The van der Waals surface area contributed by atoms with Crippen LogP contribution in [0.25, 0.3) is 0 Å². The molecule has 2 nitrogen and oxygen atoms in total. The number of aryl methyl sites for hydroxylation is 1. The number of rotatable bonds is 4. The zero-order valence-corrected chi connectivity index (χ0v) is 10.9. The fraction of sp³-hybridized carbons (Fsp3) is 0.200. The van der Waals surface area contributed by atoms with Crippen LogP contribution in [0.4, 0.5) is 0 Å². The lowest BCUT2D eigenvalue weighted by Gasteiger charge is -2.10. The minimum absolute atomic E-state index is 0.0552. The van der Waals surface area contributed by atoms with Crippen molar-refractivity contribution in [3.63, 3.8) is 0 Å². The highest BCUT2D eigenvalue weighted by molar-refractivity contribution is 6.30. The highest BCUT2D eigenvalue weighted by atomic mass is 35.5. The van der Waals surface area contributed by atoms with E-state index in [0.717, 1.165) is 11.1 Å². The summed E-state index contributed by atoms with van der Waals surface area (Å²) in [5, 5.41) is 9.82. The Balaban J connectivity index is 2.09. The summed E-state index contributed by atoms with van der Waals surface area (Å²) in [7, 11) is 0.